The Labute approximate surface area is 175 Å². The van der Waals surface area contributed by atoms with Crippen LogP contribution < -0.4 is 10.6 Å². The Balaban J connectivity index is 0.00000364. The summed E-state index contributed by atoms with van der Waals surface area (Å²) in [6.45, 7) is 7.85. The van der Waals surface area contributed by atoms with Crippen LogP contribution in [0.4, 0.5) is 13.2 Å². The van der Waals surface area contributed by atoms with Gasteiger partial charge >= 0.3 is 6.18 Å². The topological polar surface area (TPSA) is 48.9 Å². The molecule has 2 N–H and O–H groups in total. The van der Waals surface area contributed by atoms with E-state index < -0.39 is 11.7 Å². The van der Waals surface area contributed by atoms with Crippen molar-refractivity contribution in [2.24, 2.45) is 10.9 Å². The number of nitrogens with one attached hydrogen (secondary N) is 2. The molecule has 2 rings (SSSR count). The fraction of sp³-hybridized carbons (Fsp3) is 0.611. The third-order valence-electron chi connectivity index (χ3n) is 4.26. The van der Waals surface area contributed by atoms with E-state index in [0.29, 0.717) is 18.4 Å². The van der Waals surface area contributed by atoms with Crippen LogP contribution in [-0.4, -0.2) is 57.3 Å². The monoisotopic (exact) mass is 500 g/mol. The Bertz CT molecular complexity index is 575. The molecule has 0 radical (unpaired) electrons. The lowest BCUT2D eigenvalue weighted by Gasteiger charge is -2.29. The Morgan fingerprint density at radius 3 is 2.37 bits per heavy atom. The van der Waals surface area contributed by atoms with E-state index in [4.69, 9.17) is 4.74 Å². The maximum atomic E-state index is 12.6. The second-order valence-corrected chi connectivity index (χ2v) is 6.52. The number of hydrogen-bond donors (Lipinski definition) is 2. The maximum Gasteiger partial charge on any atom is 0.416 e. The number of rotatable bonds is 6. The van der Waals surface area contributed by atoms with E-state index in [1.54, 1.807) is 7.05 Å². The number of hydrogen-bond acceptors (Lipinski definition) is 3. The molecule has 1 unspecified atom stereocenters. The molecule has 154 valence electrons. The molecule has 1 aromatic rings. The summed E-state index contributed by atoms with van der Waals surface area (Å²) in [6, 6.07) is 5.14. The molecule has 0 aromatic heterocycles. The smallest absolute Gasteiger partial charge is 0.379 e. The molecule has 1 saturated heterocycles. The van der Waals surface area contributed by atoms with Crippen LogP contribution in [0, 0.1) is 5.92 Å². The molecule has 5 nitrogen and oxygen atoms in total. The van der Waals surface area contributed by atoms with Gasteiger partial charge < -0.3 is 15.4 Å². The predicted molar refractivity (Wildman–Crippen MR) is 111 cm³/mol. The molecule has 1 atom stereocenters. The quantitative estimate of drug-likeness (QED) is 0.359. The van der Waals surface area contributed by atoms with Crippen molar-refractivity contribution in [3.63, 3.8) is 0 Å². The molecule has 9 heteroatoms. The zero-order chi connectivity index (χ0) is 19.0. The summed E-state index contributed by atoms with van der Waals surface area (Å²) >= 11 is 0. The first kappa shape index (κ1) is 24.0. The minimum atomic E-state index is -4.31. The van der Waals surface area contributed by atoms with Gasteiger partial charge in [-0.2, -0.15) is 13.2 Å². The van der Waals surface area contributed by atoms with Gasteiger partial charge in [0.2, 0.25) is 0 Å². The summed E-state index contributed by atoms with van der Waals surface area (Å²) in [5.74, 6) is 1.08. The summed E-state index contributed by atoms with van der Waals surface area (Å²) in [6.07, 6.45) is -4.31. The average Bonchev–Trinajstić information content (AvgIpc) is 2.62. The Hall–Kier alpha value is -1.07. The largest absolute Gasteiger partial charge is 0.416 e. The minimum absolute atomic E-state index is 0. The van der Waals surface area contributed by atoms with E-state index in [-0.39, 0.29) is 24.0 Å². The number of ether oxygens (including phenoxy) is 1. The Morgan fingerprint density at radius 2 is 1.81 bits per heavy atom. The fourth-order valence-electron chi connectivity index (χ4n) is 2.78. The van der Waals surface area contributed by atoms with Crippen LogP contribution in [0.1, 0.15) is 18.1 Å². The number of nitrogens with zero attached hydrogens (tertiary/aromatic N) is 2. The molecule has 0 amide bonds. The third-order valence-corrected chi connectivity index (χ3v) is 4.26. The number of halogens is 4. The maximum absolute atomic E-state index is 12.6. The summed E-state index contributed by atoms with van der Waals surface area (Å²) in [5.41, 5.74) is 0.128. The van der Waals surface area contributed by atoms with Crippen molar-refractivity contribution in [2.75, 3.05) is 46.4 Å². The SMILES string of the molecule is CN=C(NCc1ccc(C(F)(F)F)cc1)NCC(C)CN1CCOCC1.I. The number of morpholine rings is 1. The molecule has 27 heavy (non-hydrogen) atoms. The van der Waals surface area contributed by atoms with Crippen LogP contribution in [0.5, 0.6) is 0 Å². The molecule has 0 spiro atoms. The first-order valence-corrected chi connectivity index (χ1v) is 8.79. The van der Waals surface area contributed by atoms with Gasteiger partial charge in [-0.1, -0.05) is 19.1 Å². The van der Waals surface area contributed by atoms with E-state index in [2.05, 4.69) is 27.4 Å². The number of aliphatic imine (C=N–C) groups is 1. The summed E-state index contributed by atoms with van der Waals surface area (Å²) in [5, 5.41) is 6.39. The highest BCUT2D eigenvalue weighted by Crippen LogP contribution is 2.29. The van der Waals surface area contributed by atoms with Crippen molar-refractivity contribution in [3.8, 4) is 0 Å². The lowest BCUT2D eigenvalue weighted by Crippen LogP contribution is -2.43. The van der Waals surface area contributed by atoms with E-state index in [1.165, 1.54) is 12.1 Å². The Kier molecular flexibility index (Phi) is 10.4. The molecular formula is C18H28F3IN4O. The Morgan fingerprint density at radius 1 is 1.19 bits per heavy atom. The van der Waals surface area contributed by atoms with Gasteiger partial charge in [0.1, 0.15) is 0 Å². The van der Waals surface area contributed by atoms with Gasteiger partial charge in [0.25, 0.3) is 0 Å². The van der Waals surface area contributed by atoms with Crippen molar-refractivity contribution >= 4 is 29.9 Å². The summed E-state index contributed by atoms with van der Waals surface area (Å²) in [7, 11) is 1.68. The highest BCUT2D eigenvalue weighted by Gasteiger charge is 2.29. The number of benzene rings is 1. The molecular weight excluding hydrogens is 472 g/mol. The van der Waals surface area contributed by atoms with Crippen LogP contribution in [0.15, 0.2) is 29.3 Å². The van der Waals surface area contributed by atoms with Crippen molar-refractivity contribution in [1.29, 1.82) is 0 Å². The molecule has 1 fully saturated rings. The second kappa shape index (κ2) is 11.7. The van der Waals surface area contributed by atoms with Gasteiger partial charge in [-0.25, -0.2) is 0 Å². The van der Waals surface area contributed by atoms with Gasteiger partial charge in [0.15, 0.2) is 5.96 Å². The first-order valence-electron chi connectivity index (χ1n) is 8.79. The van der Waals surface area contributed by atoms with Crippen molar-refractivity contribution in [3.05, 3.63) is 35.4 Å². The second-order valence-electron chi connectivity index (χ2n) is 6.52. The third kappa shape index (κ3) is 8.65. The molecule has 1 aliphatic heterocycles. The van der Waals surface area contributed by atoms with Gasteiger partial charge in [-0.3, -0.25) is 9.89 Å². The molecule has 1 heterocycles. The molecule has 0 saturated carbocycles. The lowest BCUT2D eigenvalue weighted by atomic mass is 10.1. The van der Waals surface area contributed by atoms with Gasteiger partial charge in [-0.05, 0) is 23.6 Å². The normalized spacial score (nSPS) is 17.1. The van der Waals surface area contributed by atoms with Gasteiger partial charge in [0.05, 0.1) is 18.8 Å². The van der Waals surface area contributed by atoms with E-state index in [0.717, 1.165) is 57.1 Å². The average molecular weight is 500 g/mol. The minimum Gasteiger partial charge on any atom is -0.379 e. The summed E-state index contributed by atoms with van der Waals surface area (Å²) in [4.78, 5) is 6.54. The van der Waals surface area contributed by atoms with E-state index in [9.17, 15) is 13.2 Å². The van der Waals surface area contributed by atoms with Gasteiger partial charge in [-0.15, -0.1) is 24.0 Å². The highest BCUT2D eigenvalue weighted by molar-refractivity contribution is 14.0. The molecule has 1 aliphatic rings. The molecule has 0 aliphatic carbocycles. The fourth-order valence-corrected chi connectivity index (χ4v) is 2.78. The highest BCUT2D eigenvalue weighted by atomic mass is 127. The van der Waals surface area contributed by atoms with Crippen LogP contribution in [0.3, 0.4) is 0 Å². The van der Waals surface area contributed by atoms with Gasteiger partial charge in [0, 0.05) is 39.8 Å². The number of alkyl halides is 3. The van der Waals surface area contributed by atoms with Crippen molar-refractivity contribution in [2.45, 2.75) is 19.6 Å². The van der Waals surface area contributed by atoms with E-state index in [1.807, 2.05) is 0 Å². The zero-order valence-electron chi connectivity index (χ0n) is 15.7. The molecule has 1 aromatic carbocycles. The zero-order valence-corrected chi connectivity index (χ0v) is 18.0. The first-order chi connectivity index (χ1) is 12.4. The lowest BCUT2D eigenvalue weighted by molar-refractivity contribution is -0.137. The van der Waals surface area contributed by atoms with Crippen LogP contribution in [0.25, 0.3) is 0 Å². The standard InChI is InChI=1S/C18H27F3N4O.HI/c1-14(13-25-7-9-26-10-8-25)11-23-17(22-2)24-12-15-3-5-16(6-4-15)18(19,20)21;/h3-6,14H,7-13H2,1-2H3,(H2,22,23,24);1H. The molecule has 0 bridgehead atoms. The van der Waals surface area contributed by atoms with Crippen LogP contribution >= 0.6 is 24.0 Å². The van der Waals surface area contributed by atoms with Crippen LogP contribution in [0.2, 0.25) is 0 Å². The van der Waals surface area contributed by atoms with E-state index >= 15 is 0 Å². The van der Waals surface area contributed by atoms with Crippen LogP contribution in [-0.2, 0) is 17.5 Å². The van der Waals surface area contributed by atoms with Crippen molar-refractivity contribution < 1.29 is 17.9 Å². The number of guanidine groups is 1. The van der Waals surface area contributed by atoms with Crippen molar-refractivity contribution in [1.82, 2.24) is 15.5 Å². The predicted octanol–water partition coefficient (Wildman–Crippen LogP) is 2.96. The summed E-state index contributed by atoms with van der Waals surface area (Å²) < 4.78 is 43.1.